The van der Waals surface area contributed by atoms with E-state index < -0.39 is 0 Å². The first-order valence-electron chi connectivity index (χ1n) is 9.03. The van der Waals surface area contributed by atoms with Crippen molar-refractivity contribution in [2.24, 2.45) is 5.92 Å². The minimum atomic E-state index is -0.0783. The molecule has 0 saturated heterocycles. The molecule has 0 amide bonds. The Bertz CT molecular complexity index is 1290. The second-order valence-electron chi connectivity index (χ2n) is 7.09. The standard InChI is InChI=1S/C20H20N4O2S2/c1-12(2)9-23-18(26)15-6-4-5-7-16(15)22-19(23)28-11-14-8-17(25)24-13(3)10-27-20(24)21-14/h4-8,10,12H,9,11H2,1-3H3. The number of fused-ring (bicyclic) bond motifs is 2. The molecule has 0 N–H and O–H groups in total. The number of rotatable bonds is 5. The average molecular weight is 413 g/mol. The summed E-state index contributed by atoms with van der Waals surface area (Å²) in [4.78, 5) is 35.3. The smallest absolute Gasteiger partial charge is 0.262 e. The van der Waals surface area contributed by atoms with Gasteiger partial charge in [-0.1, -0.05) is 37.7 Å². The summed E-state index contributed by atoms with van der Waals surface area (Å²) in [5, 5.41) is 3.20. The van der Waals surface area contributed by atoms with Gasteiger partial charge in [-0.2, -0.15) is 0 Å². The van der Waals surface area contributed by atoms with Gasteiger partial charge in [0.2, 0.25) is 0 Å². The molecule has 0 saturated carbocycles. The van der Waals surface area contributed by atoms with Crippen LogP contribution in [0.3, 0.4) is 0 Å². The Balaban J connectivity index is 1.73. The molecule has 6 nitrogen and oxygen atoms in total. The first kappa shape index (κ1) is 18.9. The van der Waals surface area contributed by atoms with Crippen LogP contribution in [0.4, 0.5) is 0 Å². The number of hydrogen-bond acceptors (Lipinski definition) is 6. The molecule has 4 rings (SSSR count). The zero-order valence-electron chi connectivity index (χ0n) is 15.9. The largest absolute Gasteiger partial charge is 0.287 e. The van der Waals surface area contributed by atoms with Crippen molar-refractivity contribution in [3.63, 3.8) is 0 Å². The van der Waals surface area contributed by atoms with Gasteiger partial charge in [-0.3, -0.25) is 18.6 Å². The molecule has 0 bridgehead atoms. The predicted molar refractivity (Wildman–Crippen MR) is 114 cm³/mol. The van der Waals surface area contributed by atoms with Crippen molar-refractivity contribution in [3.8, 4) is 0 Å². The Morgan fingerprint density at radius 3 is 2.75 bits per heavy atom. The van der Waals surface area contributed by atoms with Crippen molar-refractivity contribution < 1.29 is 0 Å². The number of benzene rings is 1. The van der Waals surface area contributed by atoms with Crippen LogP contribution in [0.1, 0.15) is 25.2 Å². The molecule has 8 heteroatoms. The number of aromatic nitrogens is 4. The summed E-state index contributed by atoms with van der Waals surface area (Å²) in [5.41, 5.74) is 2.16. The highest BCUT2D eigenvalue weighted by Crippen LogP contribution is 2.23. The van der Waals surface area contributed by atoms with Crippen LogP contribution in [-0.4, -0.2) is 18.9 Å². The van der Waals surface area contributed by atoms with Gasteiger partial charge in [-0.05, 0) is 25.0 Å². The molecule has 0 aliphatic heterocycles. The lowest BCUT2D eigenvalue weighted by atomic mass is 10.2. The Kier molecular flexibility index (Phi) is 5.07. The van der Waals surface area contributed by atoms with Gasteiger partial charge in [0.25, 0.3) is 11.1 Å². The van der Waals surface area contributed by atoms with Crippen molar-refractivity contribution >= 4 is 39.0 Å². The number of nitrogens with zero attached hydrogens (tertiary/aromatic N) is 4. The van der Waals surface area contributed by atoms with E-state index in [2.05, 4.69) is 18.8 Å². The number of aryl methyl sites for hydroxylation is 1. The molecule has 144 valence electrons. The summed E-state index contributed by atoms with van der Waals surface area (Å²) in [6.45, 7) is 6.64. The Morgan fingerprint density at radius 1 is 1.18 bits per heavy atom. The van der Waals surface area contributed by atoms with Crippen molar-refractivity contribution in [2.75, 3.05) is 0 Å². The molecule has 0 aliphatic rings. The summed E-state index contributed by atoms with van der Waals surface area (Å²) in [7, 11) is 0. The highest BCUT2D eigenvalue weighted by molar-refractivity contribution is 7.98. The van der Waals surface area contributed by atoms with Gasteiger partial charge in [-0.25, -0.2) is 9.97 Å². The van der Waals surface area contributed by atoms with Crippen LogP contribution in [0.5, 0.6) is 0 Å². The van der Waals surface area contributed by atoms with Crippen LogP contribution in [-0.2, 0) is 12.3 Å². The van der Waals surface area contributed by atoms with E-state index in [0.717, 1.165) is 5.69 Å². The summed E-state index contributed by atoms with van der Waals surface area (Å²) in [5.74, 6) is 0.791. The van der Waals surface area contributed by atoms with Crippen molar-refractivity contribution in [1.29, 1.82) is 0 Å². The van der Waals surface area contributed by atoms with E-state index in [1.807, 2.05) is 36.6 Å². The van der Waals surface area contributed by atoms with Crippen molar-refractivity contribution in [3.05, 3.63) is 67.8 Å². The van der Waals surface area contributed by atoms with Crippen LogP contribution < -0.4 is 11.1 Å². The molecule has 0 fully saturated rings. The predicted octanol–water partition coefficient (Wildman–Crippen LogP) is 3.72. The van der Waals surface area contributed by atoms with E-state index >= 15 is 0 Å². The third kappa shape index (κ3) is 3.49. The van der Waals surface area contributed by atoms with Crippen molar-refractivity contribution in [1.82, 2.24) is 18.9 Å². The average Bonchev–Trinajstić information content (AvgIpc) is 3.04. The lowest BCUT2D eigenvalue weighted by molar-refractivity contribution is 0.475. The van der Waals surface area contributed by atoms with Gasteiger partial charge in [0.1, 0.15) is 0 Å². The van der Waals surface area contributed by atoms with E-state index in [9.17, 15) is 9.59 Å². The number of para-hydroxylation sites is 1. The van der Waals surface area contributed by atoms with Crippen LogP contribution in [0.2, 0.25) is 0 Å². The normalized spacial score (nSPS) is 11.7. The zero-order valence-corrected chi connectivity index (χ0v) is 17.5. The molecular formula is C20H20N4O2S2. The quantitative estimate of drug-likeness (QED) is 0.369. The minimum absolute atomic E-state index is 0.0286. The van der Waals surface area contributed by atoms with Gasteiger partial charge in [0.15, 0.2) is 10.1 Å². The summed E-state index contributed by atoms with van der Waals surface area (Å²) < 4.78 is 3.35. The molecule has 3 heterocycles. The SMILES string of the molecule is Cc1csc2nc(CSc3nc4ccccc4c(=O)n3CC(C)C)cc(=O)n12. The molecule has 3 aromatic heterocycles. The van der Waals surface area contributed by atoms with Crippen LogP contribution in [0.15, 0.2) is 50.5 Å². The maximum atomic E-state index is 13.0. The maximum absolute atomic E-state index is 13.0. The van der Waals surface area contributed by atoms with E-state index in [4.69, 9.17) is 4.98 Å². The molecule has 4 aromatic rings. The van der Waals surface area contributed by atoms with Crippen LogP contribution >= 0.6 is 23.1 Å². The summed E-state index contributed by atoms with van der Waals surface area (Å²) in [6, 6.07) is 8.96. The third-order valence-corrected chi connectivity index (χ3v) is 6.31. The highest BCUT2D eigenvalue weighted by Gasteiger charge is 2.14. The number of thiazole rings is 1. The lowest BCUT2D eigenvalue weighted by Gasteiger charge is -2.14. The maximum Gasteiger partial charge on any atom is 0.262 e. The molecule has 0 radical (unpaired) electrons. The van der Waals surface area contributed by atoms with Crippen LogP contribution in [0.25, 0.3) is 15.9 Å². The minimum Gasteiger partial charge on any atom is -0.287 e. The second-order valence-corrected chi connectivity index (χ2v) is 8.87. The lowest BCUT2D eigenvalue weighted by Crippen LogP contribution is -2.25. The molecule has 0 aliphatic carbocycles. The van der Waals surface area contributed by atoms with E-state index in [1.165, 1.54) is 23.1 Å². The topological polar surface area (TPSA) is 69.3 Å². The van der Waals surface area contributed by atoms with E-state index in [-0.39, 0.29) is 11.1 Å². The summed E-state index contributed by atoms with van der Waals surface area (Å²) in [6.07, 6.45) is 0. The van der Waals surface area contributed by atoms with Crippen LogP contribution in [0, 0.1) is 12.8 Å². The molecule has 28 heavy (non-hydrogen) atoms. The van der Waals surface area contributed by atoms with E-state index in [0.29, 0.717) is 44.9 Å². The van der Waals surface area contributed by atoms with Gasteiger partial charge in [0.05, 0.1) is 16.6 Å². The van der Waals surface area contributed by atoms with Gasteiger partial charge in [-0.15, -0.1) is 11.3 Å². The first-order chi connectivity index (χ1) is 13.4. The van der Waals surface area contributed by atoms with Gasteiger partial charge >= 0.3 is 0 Å². The van der Waals surface area contributed by atoms with E-state index in [1.54, 1.807) is 15.0 Å². The molecule has 1 aromatic carbocycles. The fourth-order valence-corrected chi connectivity index (χ4v) is 4.89. The third-order valence-electron chi connectivity index (χ3n) is 4.35. The number of hydrogen-bond donors (Lipinski definition) is 0. The van der Waals surface area contributed by atoms with Gasteiger partial charge in [0, 0.05) is 29.4 Å². The Morgan fingerprint density at radius 2 is 1.96 bits per heavy atom. The first-order valence-corrected chi connectivity index (χ1v) is 10.9. The van der Waals surface area contributed by atoms with Gasteiger partial charge < -0.3 is 0 Å². The second kappa shape index (κ2) is 7.52. The monoisotopic (exact) mass is 412 g/mol. The highest BCUT2D eigenvalue weighted by atomic mass is 32.2. The Labute approximate surface area is 169 Å². The summed E-state index contributed by atoms with van der Waals surface area (Å²) >= 11 is 2.89. The molecule has 0 unspecified atom stereocenters. The molecular weight excluding hydrogens is 392 g/mol. The van der Waals surface area contributed by atoms with Crippen molar-refractivity contribution in [2.45, 2.75) is 38.2 Å². The zero-order chi connectivity index (χ0) is 19.8. The molecule has 0 atom stereocenters. The number of thioether (sulfide) groups is 1. The fourth-order valence-electron chi connectivity index (χ4n) is 3.10. The fraction of sp³-hybridized carbons (Fsp3) is 0.300. The molecule has 0 spiro atoms. The Hall–Kier alpha value is -2.45.